The van der Waals surface area contributed by atoms with Crippen molar-refractivity contribution in [3.8, 4) is 28.0 Å². The van der Waals surface area contributed by atoms with Crippen molar-refractivity contribution in [1.29, 1.82) is 0 Å². The molecule has 0 unspecified atom stereocenters. The standard InChI is InChI=1S/C29H25NO4/c1-34-26-16-14-23(15-17-26)24-8-5-9-25(19-24)28(31)30-27(29(32)33)18-20-10-12-22(13-11-20)21-6-3-2-4-7-21/h2-17,19,27H,18H2,1H3,(H,30,31)(H,32,33)/t27-/m0/s1. The maximum absolute atomic E-state index is 12.9. The number of nitrogens with one attached hydrogen (secondary N) is 1. The van der Waals surface area contributed by atoms with Gasteiger partial charge >= 0.3 is 5.97 Å². The third-order valence-electron chi connectivity index (χ3n) is 5.65. The molecule has 0 saturated carbocycles. The van der Waals surface area contributed by atoms with Crippen LogP contribution in [-0.2, 0) is 11.2 Å². The summed E-state index contributed by atoms with van der Waals surface area (Å²) in [6, 6.07) is 31.3. The first-order valence-electron chi connectivity index (χ1n) is 11.0. The zero-order chi connectivity index (χ0) is 23.9. The van der Waals surface area contributed by atoms with Crippen LogP contribution in [0, 0.1) is 0 Å². The molecule has 4 aromatic rings. The first-order chi connectivity index (χ1) is 16.5. The van der Waals surface area contributed by atoms with Gasteiger partial charge in [0, 0.05) is 12.0 Å². The van der Waals surface area contributed by atoms with Crippen LogP contribution >= 0.6 is 0 Å². The summed E-state index contributed by atoms with van der Waals surface area (Å²) in [7, 11) is 1.61. The molecule has 0 spiro atoms. The average Bonchev–Trinajstić information content (AvgIpc) is 2.89. The molecule has 5 heteroatoms. The van der Waals surface area contributed by atoms with Gasteiger partial charge in [-0.1, -0.05) is 78.9 Å². The van der Waals surface area contributed by atoms with E-state index in [4.69, 9.17) is 4.74 Å². The van der Waals surface area contributed by atoms with Crippen molar-refractivity contribution in [1.82, 2.24) is 5.32 Å². The van der Waals surface area contributed by atoms with Crippen molar-refractivity contribution in [2.75, 3.05) is 7.11 Å². The van der Waals surface area contributed by atoms with Gasteiger partial charge in [0.25, 0.3) is 5.91 Å². The fourth-order valence-electron chi connectivity index (χ4n) is 3.76. The van der Waals surface area contributed by atoms with E-state index in [9.17, 15) is 14.7 Å². The van der Waals surface area contributed by atoms with Gasteiger partial charge in [-0.15, -0.1) is 0 Å². The highest BCUT2D eigenvalue weighted by atomic mass is 16.5. The molecule has 5 nitrogen and oxygen atoms in total. The van der Waals surface area contributed by atoms with Gasteiger partial charge in [0.15, 0.2) is 0 Å². The predicted molar refractivity (Wildman–Crippen MR) is 133 cm³/mol. The summed E-state index contributed by atoms with van der Waals surface area (Å²) in [5, 5.41) is 12.4. The number of benzene rings is 4. The van der Waals surface area contributed by atoms with Crippen LogP contribution in [0.1, 0.15) is 15.9 Å². The number of amides is 1. The zero-order valence-electron chi connectivity index (χ0n) is 18.8. The lowest BCUT2D eigenvalue weighted by Gasteiger charge is -2.15. The van der Waals surface area contributed by atoms with Gasteiger partial charge < -0.3 is 15.2 Å². The maximum atomic E-state index is 12.9. The Morgan fingerprint density at radius 2 is 1.35 bits per heavy atom. The second kappa shape index (κ2) is 10.5. The summed E-state index contributed by atoms with van der Waals surface area (Å²) in [6.45, 7) is 0. The normalized spacial score (nSPS) is 11.4. The summed E-state index contributed by atoms with van der Waals surface area (Å²) in [5.74, 6) is -0.755. The van der Waals surface area contributed by atoms with Crippen molar-refractivity contribution < 1.29 is 19.4 Å². The number of methoxy groups -OCH3 is 1. The number of hydrogen-bond donors (Lipinski definition) is 2. The summed E-state index contributed by atoms with van der Waals surface area (Å²) in [6.07, 6.45) is 0.189. The van der Waals surface area contributed by atoms with E-state index in [1.807, 2.05) is 84.9 Å². The van der Waals surface area contributed by atoms with E-state index in [1.54, 1.807) is 25.3 Å². The Morgan fingerprint density at radius 3 is 2.00 bits per heavy atom. The fraction of sp³-hybridized carbons (Fsp3) is 0.103. The molecular weight excluding hydrogens is 426 g/mol. The van der Waals surface area contributed by atoms with Crippen LogP contribution < -0.4 is 10.1 Å². The molecule has 0 saturated heterocycles. The average molecular weight is 452 g/mol. The molecule has 0 radical (unpaired) electrons. The highest BCUT2D eigenvalue weighted by Gasteiger charge is 2.21. The Bertz CT molecular complexity index is 1270. The highest BCUT2D eigenvalue weighted by Crippen LogP contribution is 2.24. The molecule has 4 rings (SSSR count). The Kier molecular flexibility index (Phi) is 7.04. The highest BCUT2D eigenvalue weighted by molar-refractivity contribution is 5.97. The van der Waals surface area contributed by atoms with E-state index in [-0.39, 0.29) is 6.42 Å². The van der Waals surface area contributed by atoms with Gasteiger partial charge in [-0.3, -0.25) is 4.79 Å². The van der Waals surface area contributed by atoms with Crippen LogP contribution in [-0.4, -0.2) is 30.1 Å². The number of carboxylic acids is 1. The van der Waals surface area contributed by atoms with E-state index in [2.05, 4.69) is 5.32 Å². The van der Waals surface area contributed by atoms with Crippen LogP contribution in [0.3, 0.4) is 0 Å². The maximum Gasteiger partial charge on any atom is 0.326 e. The Balaban J connectivity index is 1.46. The first-order valence-corrected chi connectivity index (χ1v) is 11.0. The van der Waals surface area contributed by atoms with Crippen molar-refractivity contribution in [2.24, 2.45) is 0 Å². The molecule has 0 aliphatic carbocycles. The van der Waals surface area contributed by atoms with E-state index in [0.717, 1.165) is 33.6 Å². The second-order valence-corrected chi connectivity index (χ2v) is 7.94. The molecule has 0 aliphatic rings. The van der Waals surface area contributed by atoms with Crippen LogP contribution in [0.25, 0.3) is 22.3 Å². The van der Waals surface area contributed by atoms with E-state index < -0.39 is 17.9 Å². The van der Waals surface area contributed by atoms with Crippen molar-refractivity contribution in [3.63, 3.8) is 0 Å². The minimum absolute atomic E-state index is 0.189. The summed E-state index contributed by atoms with van der Waals surface area (Å²) >= 11 is 0. The molecule has 0 aromatic heterocycles. The van der Waals surface area contributed by atoms with Crippen LogP contribution in [0.2, 0.25) is 0 Å². The van der Waals surface area contributed by atoms with E-state index >= 15 is 0 Å². The van der Waals surface area contributed by atoms with Gasteiger partial charge in [-0.2, -0.15) is 0 Å². The van der Waals surface area contributed by atoms with Crippen LogP contribution in [0.4, 0.5) is 0 Å². The van der Waals surface area contributed by atoms with Crippen molar-refractivity contribution in [2.45, 2.75) is 12.5 Å². The lowest BCUT2D eigenvalue weighted by Crippen LogP contribution is -2.42. The van der Waals surface area contributed by atoms with Gasteiger partial charge in [-0.05, 0) is 52.1 Å². The van der Waals surface area contributed by atoms with Crippen LogP contribution in [0.5, 0.6) is 5.75 Å². The van der Waals surface area contributed by atoms with E-state index in [1.165, 1.54) is 0 Å². The number of hydrogen-bond acceptors (Lipinski definition) is 3. The second-order valence-electron chi connectivity index (χ2n) is 7.94. The minimum atomic E-state index is -1.08. The predicted octanol–water partition coefficient (Wildman–Crippen LogP) is 5.45. The molecule has 0 bridgehead atoms. The molecule has 0 aliphatic heterocycles. The molecule has 4 aromatic carbocycles. The first kappa shape index (κ1) is 22.8. The molecule has 34 heavy (non-hydrogen) atoms. The van der Waals surface area contributed by atoms with Crippen molar-refractivity contribution in [3.05, 3.63) is 114 Å². The van der Waals surface area contributed by atoms with Gasteiger partial charge in [0.05, 0.1) is 7.11 Å². The van der Waals surface area contributed by atoms with Gasteiger partial charge in [0.2, 0.25) is 0 Å². The topological polar surface area (TPSA) is 75.6 Å². The minimum Gasteiger partial charge on any atom is -0.497 e. The SMILES string of the molecule is COc1ccc(-c2cccc(C(=O)N[C@@H](Cc3ccc(-c4ccccc4)cc3)C(=O)O)c2)cc1. The summed E-state index contributed by atoms with van der Waals surface area (Å²) in [5.41, 5.74) is 5.17. The third kappa shape index (κ3) is 5.51. The molecule has 2 N–H and O–H groups in total. The molecule has 0 heterocycles. The van der Waals surface area contributed by atoms with Crippen LogP contribution in [0.15, 0.2) is 103 Å². The fourth-order valence-corrected chi connectivity index (χ4v) is 3.76. The molecule has 170 valence electrons. The quantitative estimate of drug-likeness (QED) is 0.373. The Labute approximate surface area is 198 Å². The molecule has 0 fully saturated rings. The number of carbonyl (C=O) groups is 2. The van der Waals surface area contributed by atoms with E-state index in [0.29, 0.717) is 5.56 Å². The molecule has 1 amide bonds. The Hall–Kier alpha value is -4.38. The zero-order valence-corrected chi connectivity index (χ0v) is 18.8. The Morgan fingerprint density at radius 1 is 0.765 bits per heavy atom. The summed E-state index contributed by atoms with van der Waals surface area (Å²) in [4.78, 5) is 24.8. The number of aliphatic carboxylic acids is 1. The lowest BCUT2D eigenvalue weighted by atomic mass is 10.00. The van der Waals surface area contributed by atoms with Gasteiger partial charge in [0.1, 0.15) is 11.8 Å². The molecule has 1 atom stereocenters. The third-order valence-corrected chi connectivity index (χ3v) is 5.65. The number of carboxylic acid groups (broad SMARTS) is 1. The number of ether oxygens (including phenoxy) is 1. The largest absolute Gasteiger partial charge is 0.497 e. The van der Waals surface area contributed by atoms with Gasteiger partial charge in [-0.25, -0.2) is 4.79 Å². The molecular formula is C29H25NO4. The number of carbonyl (C=O) groups excluding carboxylic acids is 1. The smallest absolute Gasteiger partial charge is 0.326 e. The van der Waals surface area contributed by atoms with Crippen molar-refractivity contribution >= 4 is 11.9 Å². The monoisotopic (exact) mass is 451 g/mol. The lowest BCUT2D eigenvalue weighted by molar-refractivity contribution is -0.139. The summed E-state index contributed by atoms with van der Waals surface area (Å²) < 4.78 is 5.19. The number of rotatable bonds is 8.